The van der Waals surface area contributed by atoms with Crippen LogP contribution >= 0.6 is 0 Å². The van der Waals surface area contributed by atoms with Crippen LogP contribution in [0.5, 0.6) is 0 Å². The molecule has 0 radical (unpaired) electrons. The molecular weight excluding hydrogens is 340 g/mol. The molecule has 27 heavy (non-hydrogen) atoms. The van der Waals surface area contributed by atoms with E-state index in [4.69, 9.17) is 0 Å². The smallest absolute Gasteiger partial charge is 0.166 e. The van der Waals surface area contributed by atoms with Gasteiger partial charge in [-0.05, 0) is 36.4 Å². The molecule has 3 N–H and O–H groups in total. The number of hydrogen-bond acceptors (Lipinski definition) is 5. The molecule has 0 aliphatic carbocycles. The topological polar surface area (TPSA) is 99.3 Å². The molecule has 5 aromatic rings. The molecule has 0 aliphatic heterocycles. The molecule has 3 aromatic heterocycles. The molecule has 0 saturated heterocycles. The maximum absolute atomic E-state index is 10.9. The normalized spacial score (nSPS) is 11.1. The number of aldehydes is 1. The minimum absolute atomic E-state index is 0.549. The molecule has 7 nitrogen and oxygen atoms in total. The van der Waals surface area contributed by atoms with Crippen LogP contribution < -0.4 is 5.32 Å². The Hall–Kier alpha value is -4.00. The van der Waals surface area contributed by atoms with Crippen LogP contribution in [0.3, 0.4) is 0 Å². The molecule has 3 heterocycles. The Bertz CT molecular complexity index is 1290. The SMILES string of the molecule is O=Cc1cc2ccc(-c3nccc(Nc4ccc5[nH]ncc5c4)n3)cc2[nH]1. The van der Waals surface area contributed by atoms with Gasteiger partial charge in [0.25, 0.3) is 0 Å². The second-order valence-electron chi connectivity index (χ2n) is 6.21. The summed E-state index contributed by atoms with van der Waals surface area (Å²) in [6, 6.07) is 15.4. The highest BCUT2D eigenvalue weighted by atomic mass is 16.1. The number of fused-ring (bicyclic) bond motifs is 2. The number of aromatic amines is 2. The molecule has 130 valence electrons. The zero-order valence-electron chi connectivity index (χ0n) is 14.1. The average molecular weight is 354 g/mol. The highest BCUT2D eigenvalue weighted by molar-refractivity contribution is 5.90. The Labute approximate surface area is 153 Å². The number of nitrogens with one attached hydrogen (secondary N) is 3. The van der Waals surface area contributed by atoms with Crippen molar-refractivity contribution in [3.8, 4) is 11.4 Å². The summed E-state index contributed by atoms with van der Waals surface area (Å²) < 4.78 is 0. The van der Waals surface area contributed by atoms with Crippen LogP contribution in [0.4, 0.5) is 11.5 Å². The average Bonchev–Trinajstić information content (AvgIpc) is 3.33. The fourth-order valence-corrected chi connectivity index (χ4v) is 3.09. The third kappa shape index (κ3) is 2.81. The van der Waals surface area contributed by atoms with Crippen molar-refractivity contribution < 1.29 is 4.79 Å². The van der Waals surface area contributed by atoms with Crippen LogP contribution in [0.2, 0.25) is 0 Å². The van der Waals surface area contributed by atoms with Crippen molar-refractivity contribution in [3.05, 3.63) is 66.6 Å². The molecule has 5 rings (SSSR count). The lowest BCUT2D eigenvalue weighted by Crippen LogP contribution is -1.96. The van der Waals surface area contributed by atoms with Gasteiger partial charge in [0, 0.05) is 33.7 Å². The van der Waals surface area contributed by atoms with Gasteiger partial charge in [-0.15, -0.1) is 0 Å². The number of nitrogens with zero attached hydrogens (tertiary/aromatic N) is 3. The summed E-state index contributed by atoms with van der Waals surface area (Å²) in [7, 11) is 0. The number of benzene rings is 2. The van der Waals surface area contributed by atoms with Gasteiger partial charge in [0.05, 0.1) is 17.4 Å². The van der Waals surface area contributed by atoms with Gasteiger partial charge in [0.15, 0.2) is 12.1 Å². The number of hydrogen-bond donors (Lipinski definition) is 3. The van der Waals surface area contributed by atoms with E-state index in [0.717, 1.165) is 39.3 Å². The van der Waals surface area contributed by atoms with Crippen molar-refractivity contribution in [2.75, 3.05) is 5.32 Å². The number of carbonyl (C=O) groups excluding carboxylic acids is 1. The molecule has 0 bridgehead atoms. The van der Waals surface area contributed by atoms with Gasteiger partial charge >= 0.3 is 0 Å². The van der Waals surface area contributed by atoms with Crippen LogP contribution in [-0.4, -0.2) is 31.4 Å². The highest BCUT2D eigenvalue weighted by Crippen LogP contribution is 2.24. The maximum atomic E-state index is 10.9. The first-order valence-electron chi connectivity index (χ1n) is 8.40. The lowest BCUT2D eigenvalue weighted by atomic mass is 10.1. The van der Waals surface area contributed by atoms with Gasteiger partial charge in [0.2, 0.25) is 0 Å². The van der Waals surface area contributed by atoms with E-state index >= 15 is 0 Å². The summed E-state index contributed by atoms with van der Waals surface area (Å²) >= 11 is 0. The number of carbonyl (C=O) groups is 1. The highest BCUT2D eigenvalue weighted by Gasteiger charge is 2.07. The lowest BCUT2D eigenvalue weighted by molar-refractivity contribution is 0.112. The Morgan fingerprint density at radius 1 is 0.963 bits per heavy atom. The molecule has 0 aliphatic rings. The van der Waals surface area contributed by atoms with Crippen molar-refractivity contribution in [2.24, 2.45) is 0 Å². The quantitative estimate of drug-likeness (QED) is 0.423. The van der Waals surface area contributed by atoms with Gasteiger partial charge in [-0.25, -0.2) is 9.97 Å². The monoisotopic (exact) mass is 354 g/mol. The molecule has 7 heteroatoms. The summed E-state index contributed by atoms with van der Waals surface area (Å²) in [6.45, 7) is 0. The molecule has 0 spiro atoms. The minimum atomic E-state index is 0.549. The van der Waals surface area contributed by atoms with E-state index in [0.29, 0.717) is 17.3 Å². The van der Waals surface area contributed by atoms with Gasteiger partial charge in [-0.3, -0.25) is 9.89 Å². The van der Waals surface area contributed by atoms with Crippen molar-refractivity contribution in [2.45, 2.75) is 0 Å². The third-order valence-electron chi connectivity index (χ3n) is 4.40. The number of H-pyrrole nitrogens is 2. The Morgan fingerprint density at radius 3 is 2.85 bits per heavy atom. The molecule has 0 amide bonds. The summed E-state index contributed by atoms with van der Waals surface area (Å²) in [4.78, 5) is 23.0. The second kappa shape index (κ2) is 6.06. The Kier molecular flexibility index (Phi) is 3.43. The van der Waals surface area contributed by atoms with E-state index in [1.165, 1.54) is 0 Å². The number of rotatable bonds is 4. The molecule has 0 fully saturated rings. The predicted octanol–water partition coefficient (Wildman–Crippen LogP) is 4.06. The first-order valence-corrected chi connectivity index (χ1v) is 8.40. The van der Waals surface area contributed by atoms with E-state index in [1.807, 2.05) is 48.5 Å². The van der Waals surface area contributed by atoms with E-state index < -0.39 is 0 Å². The van der Waals surface area contributed by atoms with E-state index in [1.54, 1.807) is 12.4 Å². The fraction of sp³-hybridized carbons (Fsp3) is 0. The first kappa shape index (κ1) is 15.3. The summed E-state index contributed by atoms with van der Waals surface area (Å²) in [6.07, 6.45) is 4.31. The van der Waals surface area contributed by atoms with Crippen LogP contribution in [-0.2, 0) is 0 Å². The standard InChI is InChI=1S/C20H14N6O/c27-11-16-7-12-1-2-13(9-18(12)23-16)20-21-6-5-19(25-20)24-15-3-4-17-14(8-15)10-22-26-17/h1-11,23H,(H,22,26)(H,21,24,25). The minimum Gasteiger partial charge on any atom is -0.352 e. The van der Waals surface area contributed by atoms with Crippen LogP contribution in [0.1, 0.15) is 10.5 Å². The zero-order chi connectivity index (χ0) is 18.2. The van der Waals surface area contributed by atoms with Gasteiger partial charge in [-0.1, -0.05) is 12.1 Å². The van der Waals surface area contributed by atoms with Gasteiger partial charge in [0.1, 0.15) is 5.82 Å². The van der Waals surface area contributed by atoms with Crippen molar-refractivity contribution >= 4 is 39.6 Å². The van der Waals surface area contributed by atoms with E-state index in [-0.39, 0.29) is 0 Å². The lowest BCUT2D eigenvalue weighted by Gasteiger charge is -2.07. The van der Waals surface area contributed by atoms with Crippen molar-refractivity contribution in [1.29, 1.82) is 0 Å². The molecule has 0 saturated carbocycles. The third-order valence-corrected chi connectivity index (χ3v) is 4.40. The van der Waals surface area contributed by atoms with E-state index in [9.17, 15) is 4.79 Å². The summed E-state index contributed by atoms with van der Waals surface area (Å²) in [5.41, 5.74) is 4.20. The van der Waals surface area contributed by atoms with Crippen LogP contribution in [0.25, 0.3) is 33.2 Å². The summed E-state index contributed by atoms with van der Waals surface area (Å²) in [5.74, 6) is 1.30. The van der Waals surface area contributed by atoms with Crippen molar-refractivity contribution in [1.82, 2.24) is 25.1 Å². The first-order chi connectivity index (χ1) is 13.3. The van der Waals surface area contributed by atoms with Gasteiger partial charge in [-0.2, -0.15) is 5.10 Å². The largest absolute Gasteiger partial charge is 0.352 e. The van der Waals surface area contributed by atoms with Crippen LogP contribution in [0.15, 0.2) is 60.9 Å². The van der Waals surface area contributed by atoms with Crippen LogP contribution in [0, 0.1) is 0 Å². The van der Waals surface area contributed by atoms with Gasteiger partial charge < -0.3 is 10.3 Å². The zero-order valence-corrected chi connectivity index (χ0v) is 14.1. The van der Waals surface area contributed by atoms with Crippen molar-refractivity contribution in [3.63, 3.8) is 0 Å². The Morgan fingerprint density at radius 2 is 1.93 bits per heavy atom. The summed E-state index contributed by atoms with van der Waals surface area (Å²) in [5, 5.41) is 12.3. The number of aromatic nitrogens is 5. The fourth-order valence-electron chi connectivity index (χ4n) is 3.09. The van der Waals surface area contributed by atoms with E-state index in [2.05, 4.69) is 30.5 Å². The molecule has 2 aromatic carbocycles. The second-order valence-corrected chi connectivity index (χ2v) is 6.21. The molecule has 0 atom stereocenters. The molecular formula is C20H14N6O. The Balaban J connectivity index is 1.48. The molecule has 0 unspecified atom stereocenters. The maximum Gasteiger partial charge on any atom is 0.166 e. The predicted molar refractivity (Wildman–Crippen MR) is 104 cm³/mol. The number of anilines is 2.